The molecule has 0 spiro atoms. The molecule has 1 unspecified atom stereocenters. The minimum Gasteiger partial charge on any atom is -0.356 e. The molecule has 6 heteroatoms. The summed E-state index contributed by atoms with van der Waals surface area (Å²) in [7, 11) is 1.84. The topological polar surface area (TPSA) is 57.5 Å². The quantitative estimate of drug-likeness (QED) is 0.542. The molecular formula is C24H38N6. The van der Waals surface area contributed by atoms with Gasteiger partial charge in [0.2, 0.25) is 0 Å². The minimum atomic E-state index is 0.679. The highest BCUT2D eigenvalue weighted by Crippen LogP contribution is 2.18. The van der Waals surface area contributed by atoms with Gasteiger partial charge in [-0.3, -0.25) is 4.99 Å². The third kappa shape index (κ3) is 6.08. The van der Waals surface area contributed by atoms with Crippen LogP contribution in [0, 0.1) is 25.7 Å². The van der Waals surface area contributed by atoms with E-state index in [9.17, 15) is 0 Å². The van der Waals surface area contributed by atoms with Gasteiger partial charge in [0.1, 0.15) is 0 Å². The number of nitrogens with zero attached hydrogens (tertiary/aromatic N) is 4. The van der Waals surface area contributed by atoms with Crippen molar-refractivity contribution < 1.29 is 0 Å². The van der Waals surface area contributed by atoms with Gasteiger partial charge in [0.25, 0.3) is 0 Å². The number of aromatic nitrogens is 2. The van der Waals surface area contributed by atoms with Crippen molar-refractivity contribution in [1.82, 2.24) is 25.3 Å². The number of benzene rings is 1. The molecule has 1 atom stereocenters. The first kappa shape index (κ1) is 22.3. The third-order valence-corrected chi connectivity index (χ3v) is 5.68. The lowest BCUT2D eigenvalue weighted by molar-refractivity contribution is 0.159. The van der Waals surface area contributed by atoms with E-state index in [0.717, 1.165) is 35.5 Å². The monoisotopic (exact) mass is 410 g/mol. The standard InChI is InChI=1S/C24H38N6/c1-18(2)16-29-12-8-9-21(17-29)14-26-24(25-5)27-15-22-10-6-7-11-23(22)30-20(4)13-19(3)28-30/h6-7,10-11,13,18,21H,8-9,12,14-17H2,1-5H3,(H2,25,26,27). The Balaban J connectivity index is 1.56. The second-order valence-corrected chi connectivity index (χ2v) is 8.94. The van der Waals surface area contributed by atoms with E-state index in [1.54, 1.807) is 0 Å². The van der Waals surface area contributed by atoms with Crippen molar-refractivity contribution in [2.75, 3.05) is 33.2 Å². The molecule has 0 bridgehead atoms. The first-order valence-electron chi connectivity index (χ1n) is 11.2. The molecule has 2 aromatic rings. The average Bonchev–Trinajstić information content (AvgIpc) is 3.06. The minimum absolute atomic E-state index is 0.679. The summed E-state index contributed by atoms with van der Waals surface area (Å²) in [6, 6.07) is 10.5. The predicted octanol–water partition coefficient (Wildman–Crippen LogP) is 3.52. The van der Waals surface area contributed by atoms with Crippen LogP contribution < -0.4 is 10.6 Å². The highest BCUT2D eigenvalue weighted by atomic mass is 15.3. The van der Waals surface area contributed by atoms with Crippen LogP contribution in [0.25, 0.3) is 5.69 Å². The number of piperidine rings is 1. The van der Waals surface area contributed by atoms with Crippen molar-refractivity contribution in [2.45, 2.75) is 47.1 Å². The molecule has 1 fully saturated rings. The summed E-state index contributed by atoms with van der Waals surface area (Å²) in [5, 5.41) is 11.7. The maximum Gasteiger partial charge on any atom is 0.191 e. The molecule has 1 aromatic carbocycles. The molecule has 3 rings (SSSR count). The smallest absolute Gasteiger partial charge is 0.191 e. The molecule has 0 saturated carbocycles. The van der Waals surface area contributed by atoms with Crippen LogP contribution in [-0.2, 0) is 6.54 Å². The number of aliphatic imine (C=N–C) groups is 1. The van der Waals surface area contributed by atoms with Crippen molar-refractivity contribution in [3.05, 3.63) is 47.3 Å². The molecule has 0 radical (unpaired) electrons. The fourth-order valence-corrected chi connectivity index (χ4v) is 4.38. The zero-order chi connectivity index (χ0) is 21.5. The van der Waals surface area contributed by atoms with Gasteiger partial charge in [-0.15, -0.1) is 0 Å². The summed E-state index contributed by atoms with van der Waals surface area (Å²) in [6.07, 6.45) is 2.58. The molecule has 6 nitrogen and oxygen atoms in total. The lowest BCUT2D eigenvalue weighted by Crippen LogP contribution is -2.45. The van der Waals surface area contributed by atoms with Crippen molar-refractivity contribution in [2.24, 2.45) is 16.8 Å². The van der Waals surface area contributed by atoms with Crippen LogP contribution in [-0.4, -0.2) is 53.9 Å². The zero-order valence-electron chi connectivity index (χ0n) is 19.3. The van der Waals surface area contributed by atoms with Crippen LogP contribution in [0.1, 0.15) is 43.6 Å². The van der Waals surface area contributed by atoms with Crippen molar-refractivity contribution >= 4 is 5.96 Å². The summed E-state index contributed by atoms with van der Waals surface area (Å²) < 4.78 is 2.02. The summed E-state index contributed by atoms with van der Waals surface area (Å²) in [5.74, 6) is 2.27. The molecule has 30 heavy (non-hydrogen) atoms. The van der Waals surface area contributed by atoms with Crippen LogP contribution in [0.5, 0.6) is 0 Å². The third-order valence-electron chi connectivity index (χ3n) is 5.68. The first-order chi connectivity index (χ1) is 14.5. The Kier molecular flexibility index (Phi) is 7.91. The number of guanidine groups is 1. The maximum absolute atomic E-state index is 4.65. The molecule has 1 aliphatic rings. The van der Waals surface area contributed by atoms with Gasteiger partial charge in [-0.2, -0.15) is 5.10 Å². The zero-order valence-corrected chi connectivity index (χ0v) is 19.3. The number of likely N-dealkylation sites (tertiary alicyclic amines) is 1. The van der Waals surface area contributed by atoms with Gasteiger partial charge in [0, 0.05) is 38.9 Å². The largest absolute Gasteiger partial charge is 0.356 e. The van der Waals surface area contributed by atoms with Gasteiger partial charge in [0.15, 0.2) is 5.96 Å². The van der Waals surface area contributed by atoms with E-state index in [2.05, 4.69) is 76.7 Å². The summed E-state index contributed by atoms with van der Waals surface area (Å²) in [5.41, 5.74) is 4.49. The van der Waals surface area contributed by atoms with E-state index in [-0.39, 0.29) is 0 Å². The Morgan fingerprint density at radius 1 is 1.23 bits per heavy atom. The van der Waals surface area contributed by atoms with Crippen molar-refractivity contribution in [3.8, 4) is 5.69 Å². The molecule has 1 aromatic heterocycles. The average molecular weight is 411 g/mol. The molecular weight excluding hydrogens is 372 g/mol. The van der Waals surface area contributed by atoms with Crippen LogP contribution in [0.3, 0.4) is 0 Å². The first-order valence-corrected chi connectivity index (χ1v) is 11.2. The van der Waals surface area contributed by atoms with E-state index in [4.69, 9.17) is 0 Å². The highest BCUT2D eigenvalue weighted by molar-refractivity contribution is 5.79. The van der Waals surface area contributed by atoms with Crippen LogP contribution >= 0.6 is 0 Å². The van der Waals surface area contributed by atoms with Crippen LogP contribution in [0.2, 0.25) is 0 Å². The fraction of sp³-hybridized carbons (Fsp3) is 0.583. The summed E-state index contributed by atoms with van der Waals surface area (Å²) in [6.45, 7) is 14.0. The molecule has 0 amide bonds. The van der Waals surface area contributed by atoms with Crippen molar-refractivity contribution in [1.29, 1.82) is 0 Å². The van der Waals surface area contributed by atoms with Gasteiger partial charge in [-0.1, -0.05) is 32.0 Å². The number of para-hydroxylation sites is 1. The second-order valence-electron chi connectivity index (χ2n) is 8.94. The van der Waals surface area contributed by atoms with E-state index in [0.29, 0.717) is 12.5 Å². The van der Waals surface area contributed by atoms with E-state index in [1.165, 1.54) is 38.0 Å². The van der Waals surface area contributed by atoms with Gasteiger partial charge in [0.05, 0.1) is 11.4 Å². The Hall–Kier alpha value is -2.34. The molecule has 2 N–H and O–H groups in total. The lowest BCUT2D eigenvalue weighted by Gasteiger charge is -2.34. The van der Waals surface area contributed by atoms with E-state index >= 15 is 0 Å². The van der Waals surface area contributed by atoms with Gasteiger partial charge in [-0.25, -0.2) is 4.68 Å². The van der Waals surface area contributed by atoms with Gasteiger partial charge < -0.3 is 15.5 Å². The normalized spacial score (nSPS) is 18.1. The summed E-state index contributed by atoms with van der Waals surface area (Å²) in [4.78, 5) is 7.05. The second kappa shape index (κ2) is 10.6. The number of hydrogen-bond donors (Lipinski definition) is 2. The molecule has 0 aliphatic carbocycles. The lowest BCUT2D eigenvalue weighted by atomic mass is 9.97. The van der Waals surface area contributed by atoms with E-state index in [1.807, 2.05) is 18.7 Å². The predicted molar refractivity (Wildman–Crippen MR) is 125 cm³/mol. The Morgan fingerprint density at radius 2 is 2.03 bits per heavy atom. The molecule has 1 saturated heterocycles. The Bertz CT molecular complexity index is 838. The Labute approximate surface area is 181 Å². The maximum atomic E-state index is 4.65. The number of nitrogens with one attached hydrogen (secondary N) is 2. The Morgan fingerprint density at radius 3 is 2.73 bits per heavy atom. The highest BCUT2D eigenvalue weighted by Gasteiger charge is 2.20. The number of hydrogen-bond acceptors (Lipinski definition) is 3. The number of rotatable bonds is 7. The van der Waals surface area contributed by atoms with Gasteiger partial charge >= 0.3 is 0 Å². The van der Waals surface area contributed by atoms with Crippen molar-refractivity contribution in [3.63, 3.8) is 0 Å². The van der Waals surface area contributed by atoms with Crippen LogP contribution in [0.4, 0.5) is 0 Å². The van der Waals surface area contributed by atoms with E-state index < -0.39 is 0 Å². The molecule has 2 heterocycles. The summed E-state index contributed by atoms with van der Waals surface area (Å²) >= 11 is 0. The molecule has 164 valence electrons. The number of aryl methyl sites for hydroxylation is 2. The SMILES string of the molecule is CN=C(NCc1ccccc1-n1nc(C)cc1C)NCC1CCCN(CC(C)C)C1. The van der Waals surface area contributed by atoms with Gasteiger partial charge in [-0.05, 0) is 62.8 Å². The molecule has 1 aliphatic heterocycles. The van der Waals surface area contributed by atoms with Crippen LogP contribution in [0.15, 0.2) is 35.3 Å². The fourth-order valence-electron chi connectivity index (χ4n) is 4.38.